The standard InChI is InChI=1S/C5H6BrF2N5O8/c6-3-9(1-4(7,10(14)15)11(16)17)2-5(8,12(18)19)13(20)21/h1-3H2. The molecule has 0 aromatic heterocycles. The van der Waals surface area contributed by atoms with Crippen molar-refractivity contribution in [3.63, 3.8) is 0 Å². The first-order valence-electron chi connectivity index (χ1n) is 4.66. The van der Waals surface area contributed by atoms with E-state index in [1.165, 1.54) is 0 Å². The van der Waals surface area contributed by atoms with Crippen molar-refractivity contribution in [1.82, 2.24) is 4.90 Å². The van der Waals surface area contributed by atoms with Crippen LogP contribution in [0.2, 0.25) is 0 Å². The van der Waals surface area contributed by atoms with Gasteiger partial charge in [0.05, 0.1) is 5.45 Å². The summed E-state index contributed by atoms with van der Waals surface area (Å²) in [5.41, 5.74) is -0.728. The second-order valence-electron chi connectivity index (χ2n) is 3.57. The fourth-order valence-corrected chi connectivity index (χ4v) is 1.43. The van der Waals surface area contributed by atoms with Gasteiger partial charge < -0.3 is 0 Å². The second kappa shape index (κ2) is 6.57. The van der Waals surface area contributed by atoms with Gasteiger partial charge in [-0.15, -0.1) is 0 Å². The first-order valence-corrected chi connectivity index (χ1v) is 5.78. The Bertz CT molecular complexity index is 408. The van der Waals surface area contributed by atoms with Gasteiger partial charge >= 0.3 is 11.8 Å². The molecular formula is C5H6BrF2N5O8. The minimum absolute atomic E-state index is 0.108. The van der Waals surface area contributed by atoms with Gasteiger partial charge in [0.2, 0.25) is 0 Å². The van der Waals surface area contributed by atoms with Gasteiger partial charge in [0, 0.05) is 0 Å². The predicted octanol–water partition coefficient (Wildman–Crippen LogP) is -0.00580. The van der Waals surface area contributed by atoms with E-state index < -0.39 is 50.1 Å². The average molecular weight is 382 g/mol. The Hall–Kier alpha value is -2.10. The van der Waals surface area contributed by atoms with Crippen molar-refractivity contribution >= 4 is 15.9 Å². The van der Waals surface area contributed by atoms with E-state index in [-0.39, 0.29) is 4.90 Å². The van der Waals surface area contributed by atoms with E-state index in [4.69, 9.17) is 0 Å². The molecule has 0 N–H and O–H groups in total. The van der Waals surface area contributed by atoms with Gasteiger partial charge in [0.15, 0.2) is 13.1 Å². The maximum Gasteiger partial charge on any atom is 0.626 e. The molecule has 0 bridgehead atoms. The third-order valence-electron chi connectivity index (χ3n) is 2.14. The molecule has 0 unspecified atom stereocenters. The molecule has 0 saturated heterocycles. The molecule has 0 heterocycles. The molecule has 0 atom stereocenters. The minimum atomic E-state index is -4.30. The number of nitro groups is 4. The summed E-state index contributed by atoms with van der Waals surface area (Å²) in [6, 6.07) is 0. The summed E-state index contributed by atoms with van der Waals surface area (Å²) >= 11 is 2.52. The molecular weight excluding hydrogens is 376 g/mol. The molecule has 0 radical (unpaired) electrons. The molecule has 0 spiro atoms. The van der Waals surface area contributed by atoms with Crippen molar-refractivity contribution in [3.05, 3.63) is 40.5 Å². The summed E-state index contributed by atoms with van der Waals surface area (Å²) in [5, 5.41) is 41.3. The van der Waals surface area contributed by atoms with Crippen molar-refractivity contribution in [2.45, 2.75) is 11.8 Å². The first-order chi connectivity index (χ1) is 9.41. The van der Waals surface area contributed by atoms with Crippen molar-refractivity contribution in [1.29, 1.82) is 0 Å². The van der Waals surface area contributed by atoms with Crippen molar-refractivity contribution in [3.8, 4) is 0 Å². The first kappa shape index (κ1) is 18.9. The highest BCUT2D eigenvalue weighted by atomic mass is 79.9. The lowest BCUT2D eigenvalue weighted by atomic mass is 10.3. The molecule has 0 rings (SSSR count). The van der Waals surface area contributed by atoms with Crippen molar-refractivity contribution < 1.29 is 28.5 Å². The van der Waals surface area contributed by atoms with Crippen LogP contribution >= 0.6 is 15.9 Å². The Balaban J connectivity index is 5.37. The van der Waals surface area contributed by atoms with E-state index in [1.807, 2.05) is 0 Å². The molecule has 0 aliphatic heterocycles. The summed E-state index contributed by atoms with van der Waals surface area (Å²) in [4.78, 5) is 33.7. The minimum Gasteiger partial charge on any atom is -0.261 e. The molecule has 0 fully saturated rings. The molecule has 0 aromatic carbocycles. The third-order valence-corrected chi connectivity index (χ3v) is 2.85. The van der Waals surface area contributed by atoms with Gasteiger partial charge in [-0.25, -0.2) is 0 Å². The summed E-state index contributed by atoms with van der Waals surface area (Å²) in [7, 11) is 0. The monoisotopic (exact) mass is 381 g/mol. The maximum absolute atomic E-state index is 13.5. The van der Waals surface area contributed by atoms with E-state index in [0.29, 0.717) is 0 Å². The smallest absolute Gasteiger partial charge is 0.261 e. The lowest BCUT2D eigenvalue weighted by molar-refractivity contribution is -0.837. The van der Waals surface area contributed by atoms with Crippen LogP contribution in [0.4, 0.5) is 8.78 Å². The van der Waals surface area contributed by atoms with Crippen LogP contribution in [0.15, 0.2) is 0 Å². The number of nitrogens with zero attached hydrogens (tertiary/aromatic N) is 5. The summed E-state index contributed by atoms with van der Waals surface area (Å²) in [6.45, 7) is -3.49. The van der Waals surface area contributed by atoms with Gasteiger partial charge in [-0.05, 0) is 0 Å². The van der Waals surface area contributed by atoms with Gasteiger partial charge in [0.1, 0.15) is 19.7 Å². The summed E-state index contributed by atoms with van der Waals surface area (Å²) < 4.78 is 27.1. The quantitative estimate of drug-likeness (QED) is 0.174. The zero-order chi connectivity index (χ0) is 17.0. The van der Waals surface area contributed by atoms with Crippen LogP contribution in [0.3, 0.4) is 0 Å². The molecule has 120 valence electrons. The van der Waals surface area contributed by atoms with E-state index in [1.54, 1.807) is 0 Å². The van der Waals surface area contributed by atoms with Crippen LogP contribution in [0.5, 0.6) is 0 Å². The zero-order valence-corrected chi connectivity index (χ0v) is 11.3. The lowest BCUT2D eigenvalue weighted by Crippen LogP contribution is -2.56. The Morgan fingerprint density at radius 3 is 1.19 bits per heavy atom. The van der Waals surface area contributed by atoms with Gasteiger partial charge in [-0.1, -0.05) is 24.7 Å². The fourth-order valence-electron chi connectivity index (χ4n) is 1.07. The summed E-state index contributed by atoms with van der Waals surface area (Å²) in [6.07, 6.45) is 0. The zero-order valence-electron chi connectivity index (χ0n) is 9.76. The molecule has 0 amide bonds. The van der Waals surface area contributed by atoms with Gasteiger partial charge in [-0.2, -0.15) is 0 Å². The van der Waals surface area contributed by atoms with Crippen molar-refractivity contribution in [2.75, 3.05) is 18.5 Å². The van der Waals surface area contributed by atoms with Gasteiger partial charge in [0.25, 0.3) is 0 Å². The lowest BCUT2D eigenvalue weighted by Gasteiger charge is -2.20. The van der Waals surface area contributed by atoms with E-state index in [2.05, 4.69) is 15.9 Å². The van der Waals surface area contributed by atoms with Crippen LogP contribution in [0.1, 0.15) is 0 Å². The van der Waals surface area contributed by atoms with Crippen molar-refractivity contribution in [2.24, 2.45) is 0 Å². The predicted molar refractivity (Wildman–Crippen MR) is 61.0 cm³/mol. The molecule has 0 aromatic rings. The van der Waals surface area contributed by atoms with E-state index in [9.17, 15) is 49.2 Å². The maximum atomic E-state index is 13.5. The number of hydrogen-bond acceptors (Lipinski definition) is 9. The van der Waals surface area contributed by atoms with Gasteiger partial charge in [-0.3, -0.25) is 45.4 Å². The second-order valence-corrected chi connectivity index (χ2v) is 4.07. The number of alkyl halides is 3. The molecule has 0 saturated carbocycles. The highest BCUT2D eigenvalue weighted by molar-refractivity contribution is 9.09. The summed E-state index contributed by atoms with van der Waals surface area (Å²) in [5.74, 6) is -8.61. The Morgan fingerprint density at radius 2 is 1.05 bits per heavy atom. The van der Waals surface area contributed by atoms with Crippen LogP contribution in [-0.2, 0) is 0 Å². The number of hydrogen-bond donors (Lipinski definition) is 0. The molecule has 0 aliphatic rings. The topological polar surface area (TPSA) is 176 Å². The van der Waals surface area contributed by atoms with Crippen LogP contribution < -0.4 is 0 Å². The SMILES string of the molecule is O=[N+]([O-])C(F)(CN(CBr)CC(F)([N+](=O)[O-])[N+](=O)[O-])[N+](=O)[O-]. The molecule has 16 heteroatoms. The van der Waals surface area contributed by atoms with Crippen LogP contribution in [-0.4, -0.2) is 55.0 Å². The third kappa shape index (κ3) is 3.94. The normalized spacial score (nSPS) is 12.2. The van der Waals surface area contributed by atoms with Crippen LogP contribution in [0.25, 0.3) is 0 Å². The molecule has 0 aliphatic carbocycles. The fraction of sp³-hybridized carbons (Fsp3) is 1.00. The number of halogens is 3. The van der Waals surface area contributed by atoms with E-state index >= 15 is 0 Å². The largest absolute Gasteiger partial charge is 0.626 e. The number of rotatable bonds is 9. The molecule has 21 heavy (non-hydrogen) atoms. The van der Waals surface area contributed by atoms with E-state index in [0.717, 1.165) is 0 Å². The van der Waals surface area contributed by atoms with Crippen LogP contribution in [0, 0.1) is 40.5 Å². The Kier molecular flexibility index (Phi) is 5.91. The molecule has 13 nitrogen and oxygen atoms in total. The highest BCUT2D eigenvalue weighted by Crippen LogP contribution is 2.20. The highest BCUT2D eigenvalue weighted by Gasteiger charge is 2.64. The Morgan fingerprint density at radius 1 is 0.810 bits per heavy atom. The average Bonchev–Trinajstić information content (AvgIpc) is 2.36. The Labute approximate surface area is 121 Å².